The average Bonchev–Trinajstić information content (AvgIpc) is 2.25. The number of benzene rings is 1. The fourth-order valence-electron chi connectivity index (χ4n) is 1.60. The molecule has 16 heavy (non-hydrogen) atoms. The van der Waals surface area contributed by atoms with Crippen LogP contribution in [-0.2, 0) is 0 Å². The summed E-state index contributed by atoms with van der Waals surface area (Å²) >= 11 is 5.82. The third-order valence-electron chi connectivity index (χ3n) is 2.44. The molecule has 0 aliphatic carbocycles. The first-order valence-electron chi connectivity index (χ1n) is 5.13. The summed E-state index contributed by atoms with van der Waals surface area (Å²) < 4.78 is 13.5. The summed E-state index contributed by atoms with van der Waals surface area (Å²) in [6.07, 6.45) is 0.0996. The Labute approximate surface area is 99.3 Å². The van der Waals surface area contributed by atoms with E-state index in [1.54, 1.807) is 0 Å². The van der Waals surface area contributed by atoms with Crippen LogP contribution in [0.1, 0.15) is 31.4 Å². The van der Waals surface area contributed by atoms with Crippen LogP contribution in [0.5, 0.6) is 0 Å². The Kier molecular flexibility index (Phi) is 4.72. The second-order valence-electron chi connectivity index (χ2n) is 3.60. The van der Waals surface area contributed by atoms with Crippen LogP contribution in [0.4, 0.5) is 4.39 Å². The summed E-state index contributed by atoms with van der Waals surface area (Å²) in [5, 5.41) is 19.0. The van der Waals surface area contributed by atoms with Crippen LogP contribution in [0.3, 0.4) is 0 Å². The van der Waals surface area contributed by atoms with Gasteiger partial charge in [-0.2, -0.15) is 5.26 Å². The predicted molar refractivity (Wildman–Crippen MR) is 60.4 cm³/mol. The van der Waals surface area contributed by atoms with Crippen molar-refractivity contribution >= 4 is 11.6 Å². The zero-order valence-electron chi connectivity index (χ0n) is 8.95. The fourth-order valence-corrected chi connectivity index (χ4v) is 1.87. The van der Waals surface area contributed by atoms with Gasteiger partial charge in [0.2, 0.25) is 0 Å². The summed E-state index contributed by atoms with van der Waals surface area (Å²) in [5.74, 6) is -1.20. The molecule has 0 spiro atoms. The van der Waals surface area contributed by atoms with Gasteiger partial charge in [0.15, 0.2) is 0 Å². The third kappa shape index (κ3) is 2.72. The predicted octanol–water partition coefficient (Wildman–Crippen LogP) is 3.45. The molecule has 1 rings (SSSR count). The Morgan fingerprint density at radius 2 is 2.25 bits per heavy atom. The lowest BCUT2D eigenvalue weighted by Gasteiger charge is -2.18. The van der Waals surface area contributed by atoms with Crippen molar-refractivity contribution in [2.45, 2.75) is 25.9 Å². The minimum atomic E-state index is -1.17. The van der Waals surface area contributed by atoms with Crippen molar-refractivity contribution in [2.75, 3.05) is 0 Å². The molecule has 2 unspecified atom stereocenters. The number of aliphatic hydroxyl groups excluding tert-OH is 1. The quantitative estimate of drug-likeness (QED) is 0.878. The number of hydrogen-bond donors (Lipinski definition) is 1. The maximum absolute atomic E-state index is 13.5. The van der Waals surface area contributed by atoms with E-state index < -0.39 is 17.8 Å². The number of rotatable bonds is 4. The normalized spacial score (nSPS) is 14.2. The molecule has 0 aliphatic heterocycles. The molecule has 0 saturated carbocycles. The Bertz CT molecular complexity index is 382. The van der Waals surface area contributed by atoms with Crippen molar-refractivity contribution in [2.24, 2.45) is 5.92 Å². The summed E-state index contributed by atoms with van der Waals surface area (Å²) in [6.45, 7) is 1.90. The number of aliphatic hydroxyl groups is 1. The van der Waals surface area contributed by atoms with Crippen LogP contribution in [0.15, 0.2) is 18.2 Å². The first kappa shape index (κ1) is 13.0. The van der Waals surface area contributed by atoms with Gasteiger partial charge >= 0.3 is 0 Å². The fraction of sp³-hybridized carbons (Fsp3) is 0.417. The molecule has 0 amide bonds. The van der Waals surface area contributed by atoms with Crippen molar-refractivity contribution in [1.82, 2.24) is 0 Å². The van der Waals surface area contributed by atoms with Crippen LogP contribution >= 0.6 is 11.6 Å². The maximum Gasteiger partial charge on any atom is 0.130 e. The van der Waals surface area contributed by atoms with E-state index in [1.807, 2.05) is 13.0 Å². The number of hydrogen-bond acceptors (Lipinski definition) is 2. The highest BCUT2D eigenvalue weighted by Crippen LogP contribution is 2.32. The van der Waals surface area contributed by atoms with Crippen LogP contribution in [0, 0.1) is 23.1 Å². The molecule has 1 aromatic rings. The number of halogens is 2. The highest BCUT2D eigenvalue weighted by Gasteiger charge is 2.24. The van der Waals surface area contributed by atoms with Gasteiger partial charge in [-0.15, -0.1) is 0 Å². The highest BCUT2D eigenvalue weighted by molar-refractivity contribution is 6.31. The van der Waals surface area contributed by atoms with Gasteiger partial charge < -0.3 is 5.11 Å². The minimum Gasteiger partial charge on any atom is -0.387 e. The second kappa shape index (κ2) is 5.83. The van der Waals surface area contributed by atoms with Crippen LogP contribution in [-0.4, -0.2) is 5.11 Å². The zero-order valence-corrected chi connectivity index (χ0v) is 9.71. The van der Waals surface area contributed by atoms with Gasteiger partial charge in [0, 0.05) is 10.6 Å². The summed E-state index contributed by atoms with van der Waals surface area (Å²) in [7, 11) is 0. The molecule has 0 saturated heterocycles. The largest absolute Gasteiger partial charge is 0.387 e. The minimum absolute atomic E-state index is 0.0177. The van der Waals surface area contributed by atoms with E-state index in [4.69, 9.17) is 16.9 Å². The van der Waals surface area contributed by atoms with Crippen LogP contribution < -0.4 is 0 Å². The van der Waals surface area contributed by atoms with Gasteiger partial charge in [0.1, 0.15) is 5.82 Å². The Balaban J connectivity index is 3.04. The lowest BCUT2D eigenvalue weighted by Crippen LogP contribution is -2.12. The van der Waals surface area contributed by atoms with Crippen molar-refractivity contribution in [3.63, 3.8) is 0 Å². The Hall–Kier alpha value is -1.11. The smallest absolute Gasteiger partial charge is 0.130 e. The number of nitrogens with zero attached hydrogens (tertiary/aromatic N) is 1. The Morgan fingerprint density at radius 3 is 2.75 bits per heavy atom. The molecule has 0 bridgehead atoms. The molecule has 0 radical (unpaired) electrons. The summed E-state index contributed by atoms with van der Waals surface area (Å²) in [5.41, 5.74) is 0.0177. The topological polar surface area (TPSA) is 44.0 Å². The first-order chi connectivity index (χ1) is 7.61. The molecule has 2 atom stereocenters. The van der Waals surface area contributed by atoms with E-state index in [-0.39, 0.29) is 10.6 Å². The van der Waals surface area contributed by atoms with Gasteiger partial charge in [0.05, 0.1) is 18.1 Å². The van der Waals surface area contributed by atoms with E-state index in [9.17, 15) is 9.50 Å². The molecule has 1 aromatic carbocycles. The molecule has 0 aromatic heterocycles. The first-order valence-corrected chi connectivity index (χ1v) is 5.51. The summed E-state index contributed by atoms with van der Waals surface area (Å²) in [6, 6.07) is 6.18. The molecule has 0 fully saturated rings. The summed E-state index contributed by atoms with van der Waals surface area (Å²) in [4.78, 5) is 0. The maximum atomic E-state index is 13.5. The van der Waals surface area contributed by atoms with Gasteiger partial charge in [0.25, 0.3) is 0 Å². The van der Waals surface area contributed by atoms with E-state index >= 15 is 0 Å². The van der Waals surface area contributed by atoms with Crippen molar-refractivity contribution in [1.29, 1.82) is 5.26 Å². The number of nitriles is 1. The van der Waals surface area contributed by atoms with Gasteiger partial charge in [-0.25, -0.2) is 4.39 Å². The lowest BCUT2D eigenvalue weighted by molar-refractivity contribution is 0.126. The third-order valence-corrected chi connectivity index (χ3v) is 2.77. The molecule has 0 aliphatic rings. The van der Waals surface area contributed by atoms with Crippen LogP contribution in [0.2, 0.25) is 5.02 Å². The van der Waals surface area contributed by atoms with E-state index in [0.717, 1.165) is 6.42 Å². The highest BCUT2D eigenvalue weighted by atomic mass is 35.5. The van der Waals surface area contributed by atoms with E-state index in [0.29, 0.717) is 6.42 Å². The molecule has 0 heterocycles. The molecular formula is C12H13ClFNO. The molecule has 1 N–H and O–H groups in total. The Morgan fingerprint density at radius 1 is 1.56 bits per heavy atom. The molecule has 4 heteroatoms. The van der Waals surface area contributed by atoms with Crippen molar-refractivity contribution in [3.8, 4) is 6.07 Å². The van der Waals surface area contributed by atoms with Gasteiger partial charge in [-0.05, 0) is 18.6 Å². The average molecular weight is 242 g/mol. The molecule has 2 nitrogen and oxygen atoms in total. The lowest BCUT2D eigenvalue weighted by atomic mass is 9.93. The van der Waals surface area contributed by atoms with Crippen molar-refractivity contribution < 1.29 is 9.50 Å². The van der Waals surface area contributed by atoms with Crippen molar-refractivity contribution in [3.05, 3.63) is 34.6 Å². The van der Waals surface area contributed by atoms with E-state index in [1.165, 1.54) is 18.2 Å². The van der Waals surface area contributed by atoms with Gasteiger partial charge in [-0.1, -0.05) is 31.0 Å². The van der Waals surface area contributed by atoms with Gasteiger partial charge in [-0.3, -0.25) is 0 Å². The second-order valence-corrected chi connectivity index (χ2v) is 4.01. The molecular weight excluding hydrogens is 229 g/mol. The zero-order chi connectivity index (χ0) is 12.1. The van der Waals surface area contributed by atoms with E-state index in [2.05, 4.69) is 0 Å². The monoisotopic (exact) mass is 241 g/mol. The molecule has 86 valence electrons. The standard InChI is InChI=1S/C12H13ClFNO/c1-2-4-8(7-15)12(16)11-9(13)5-3-6-10(11)14/h3,5-6,8,12,16H,2,4H2,1H3. The van der Waals surface area contributed by atoms with Crippen LogP contribution in [0.25, 0.3) is 0 Å². The SMILES string of the molecule is CCCC(C#N)C(O)c1c(F)cccc1Cl.